The molecule has 0 N–H and O–H groups in total. The number of ether oxygens (including phenoxy) is 2. The van der Waals surface area contributed by atoms with Crippen molar-refractivity contribution in [1.82, 2.24) is 0 Å². The number of rotatable bonds is 15. The Morgan fingerprint density at radius 2 is 1.70 bits per heavy atom. The van der Waals surface area contributed by atoms with Gasteiger partial charge in [-0.05, 0) is 73.7 Å². The summed E-state index contributed by atoms with van der Waals surface area (Å²) < 4.78 is 24.7. The third-order valence-electron chi connectivity index (χ3n) is 9.51. The first-order valence-corrected chi connectivity index (χ1v) is 22.1. The van der Waals surface area contributed by atoms with E-state index in [2.05, 4.69) is 92.0 Å². The number of halogens is 1. The maximum absolute atomic E-state index is 13.5. The van der Waals surface area contributed by atoms with Gasteiger partial charge in [-0.3, -0.25) is 9.59 Å². The van der Waals surface area contributed by atoms with Crippen LogP contribution in [-0.4, -0.2) is 54.3 Å². The lowest BCUT2D eigenvalue weighted by atomic mass is 9.90. The molecule has 1 aromatic carbocycles. The third-order valence-corrected chi connectivity index (χ3v) is 18.8. The number of benzene rings is 1. The molecule has 2 rings (SSSR count). The molecule has 1 aliphatic rings. The van der Waals surface area contributed by atoms with Crippen LogP contribution in [0.3, 0.4) is 0 Å². The van der Waals surface area contributed by atoms with Crippen LogP contribution in [0.25, 0.3) is 0 Å². The lowest BCUT2D eigenvalue weighted by Crippen LogP contribution is -2.45. The van der Waals surface area contributed by atoms with E-state index in [4.69, 9.17) is 29.9 Å². The molecule has 1 fully saturated rings. The molecular weight excluding hydrogens is 608 g/mol. The van der Waals surface area contributed by atoms with Crippen LogP contribution in [0.15, 0.2) is 48.6 Å². The predicted octanol–water partition coefficient (Wildman–Crippen LogP) is 9.55. The van der Waals surface area contributed by atoms with Gasteiger partial charge in [0.25, 0.3) is 0 Å². The number of carbonyl (C=O) groups is 2. The van der Waals surface area contributed by atoms with Gasteiger partial charge in [0.15, 0.2) is 16.6 Å². The van der Waals surface area contributed by atoms with Crippen LogP contribution in [0.4, 0.5) is 0 Å². The zero-order valence-electron chi connectivity index (χ0n) is 29.0. The van der Waals surface area contributed by atoms with Gasteiger partial charge in [0.1, 0.15) is 18.1 Å². The third kappa shape index (κ3) is 11.6. The minimum absolute atomic E-state index is 0.0215. The van der Waals surface area contributed by atoms with Gasteiger partial charge in [0, 0.05) is 29.7 Å². The van der Waals surface area contributed by atoms with E-state index in [1.54, 1.807) is 6.07 Å². The molecule has 9 heteroatoms. The maximum Gasteiger partial charge on any atom is 0.305 e. The quantitative estimate of drug-likeness (QED) is 0.0805. The average molecular weight is 665 g/mol. The highest BCUT2D eigenvalue weighted by Gasteiger charge is 2.47. The van der Waals surface area contributed by atoms with Crippen molar-refractivity contribution in [3.8, 4) is 5.75 Å². The molecule has 4 atom stereocenters. The molecule has 0 bridgehead atoms. The van der Waals surface area contributed by atoms with Crippen LogP contribution >= 0.6 is 11.6 Å². The molecule has 0 aliphatic heterocycles. The maximum atomic E-state index is 13.5. The Morgan fingerprint density at radius 1 is 1.05 bits per heavy atom. The smallest absolute Gasteiger partial charge is 0.305 e. The predicted molar refractivity (Wildman–Crippen MR) is 186 cm³/mol. The van der Waals surface area contributed by atoms with Crippen molar-refractivity contribution in [2.75, 3.05) is 13.7 Å². The summed E-state index contributed by atoms with van der Waals surface area (Å²) in [6.07, 6.45) is 10.9. The minimum Gasteiger partial charge on any atom is -0.491 e. The summed E-state index contributed by atoms with van der Waals surface area (Å²) in [5.74, 6) is 0.474. The molecule has 0 heterocycles. The van der Waals surface area contributed by atoms with Gasteiger partial charge in [-0.1, -0.05) is 83.5 Å². The van der Waals surface area contributed by atoms with Crippen molar-refractivity contribution in [2.45, 2.75) is 122 Å². The van der Waals surface area contributed by atoms with E-state index < -0.39 is 16.6 Å². The molecule has 0 spiro atoms. The SMILES string of the molecule is COC(=O)CCC/C=C\C[C@H]1C(=O)C[C@@H](O[Si](C)(C)C(C)(C)C)[C@@H]1/C=C/[C@H](COc1cccc(Cl)c1)O[Si](C)(C)C(C)(C)C. The molecule has 0 amide bonds. The standard InChI is InChI=1S/C35H57ClO6Si2/c1-34(2,3)43(8,9)41-28(25-40-27-18-16-17-26(36)23-27)21-22-30-29(19-14-12-13-15-20-33(38)39-7)31(37)24-32(30)42-44(10,11)35(4,5)6/h12,14,16-18,21-23,28-30,32H,13,15,19-20,24-25H2,1-11H3/b14-12-,22-21+/t28-,29-,30-,32-/m1/s1. The largest absolute Gasteiger partial charge is 0.491 e. The number of unbranched alkanes of at least 4 members (excludes halogenated alkanes) is 1. The first kappa shape index (κ1) is 38.5. The van der Waals surface area contributed by atoms with Crippen molar-refractivity contribution in [3.63, 3.8) is 0 Å². The number of carbonyl (C=O) groups excluding carboxylic acids is 2. The van der Waals surface area contributed by atoms with E-state index >= 15 is 0 Å². The van der Waals surface area contributed by atoms with Crippen LogP contribution in [0.5, 0.6) is 5.75 Å². The normalized spacial score (nSPS) is 20.9. The monoisotopic (exact) mass is 664 g/mol. The molecule has 0 radical (unpaired) electrons. The zero-order chi connectivity index (χ0) is 33.3. The molecular formula is C35H57ClO6Si2. The van der Waals surface area contributed by atoms with Crippen LogP contribution < -0.4 is 4.74 Å². The Hall–Kier alpha value is -1.72. The van der Waals surface area contributed by atoms with E-state index in [-0.39, 0.29) is 45.9 Å². The molecule has 0 aromatic heterocycles. The zero-order valence-corrected chi connectivity index (χ0v) is 31.8. The second kappa shape index (κ2) is 16.2. The first-order valence-electron chi connectivity index (χ1n) is 15.9. The highest BCUT2D eigenvalue weighted by Crippen LogP contribution is 2.43. The van der Waals surface area contributed by atoms with E-state index in [0.717, 1.165) is 12.8 Å². The molecule has 1 aromatic rings. The molecule has 248 valence electrons. The van der Waals surface area contributed by atoms with E-state index in [9.17, 15) is 9.59 Å². The van der Waals surface area contributed by atoms with E-state index in [1.165, 1.54) is 7.11 Å². The second-order valence-corrected chi connectivity index (χ2v) is 25.0. The van der Waals surface area contributed by atoms with Crippen LogP contribution in [0, 0.1) is 11.8 Å². The Morgan fingerprint density at radius 3 is 2.30 bits per heavy atom. The van der Waals surface area contributed by atoms with E-state index in [1.807, 2.05) is 18.2 Å². The van der Waals surface area contributed by atoms with Gasteiger partial charge in [0.05, 0.1) is 19.3 Å². The molecule has 1 aliphatic carbocycles. The van der Waals surface area contributed by atoms with Crippen molar-refractivity contribution in [3.05, 3.63) is 53.6 Å². The summed E-state index contributed by atoms with van der Waals surface area (Å²) in [5, 5.41) is 0.671. The van der Waals surface area contributed by atoms with Gasteiger partial charge < -0.3 is 18.3 Å². The fourth-order valence-corrected chi connectivity index (χ4v) is 7.47. The first-order chi connectivity index (χ1) is 20.3. The Bertz CT molecular complexity index is 1150. The van der Waals surface area contributed by atoms with Gasteiger partial charge in [-0.15, -0.1) is 0 Å². The fraction of sp³-hybridized carbons (Fsp3) is 0.657. The number of Topliss-reactive ketones (excluding diaryl/α,β-unsaturated/α-hetero) is 1. The number of allylic oxidation sites excluding steroid dienone is 2. The van der Waals surface area contributed by atoms with E-state index in [0.29, 0.717) is 36.6 Å². The van der Waals surface area contributed by atoms with Crippen molar-refractivity contribution >= 4 is 40.0 Å². The summed E-state index contributed by atoms with van der Waals surface area (Å²) in [7, 11) is -2.86. The summed E-state index contributed by atoms with van der Waals surface area (Å²) in [6, 6.07) is 7.40. The minimum atomic E-state index is -2.14. The van der Waals surface area contributed by atoms with Gasteiger partial charge in [-0.25, -0.2) is 0 Å². The second-order valence-electron chi connectivity index (χ2n) is 15.0. The molecule has 0 unspecified atom stereocenters. The van der Waals surface area contributed by atoms with Gasteiger partial charge >= 0.3 is 5.97 Å². The summed E-state index contributed by atoms with van der Waals surface area (Å²) >= 11 is 6.21. The Balaban J connectivity index is 2.35. The van der Waals surface area contributed by atoms with Crippen molar-refractivity contribution < 1.29 is 27.9 Å². The topological polar surface area (TPSA) is 71.1 Å². The number of methoxy groups -OCH3 is 1. The van der Waals surface area contributed by atoms with Crippen molar-refractivity contribution in [2.24, 2.45) is 11.8 Å². The van der Waals surface area contributed by atoms with Crippen LogP contribution in [0.1, 0.15) is 73.6 Å². The summed E-state index contributed by atoms with van der Waals surface area (Å²) in [6.45, 7) is 22.7. The molecule has 1 saturated carbocycles. The summed E-state index contributed by atoms with van der Waals surface area (Å²) in [5.41, 5.74) is 0. The number of esters is 1. The van der Waals surface area contributed by atoms with Crippen LogP contribution in [0.2, 0.25) is 41.3 Å². The van der Waals surface area contributed by atoms with Crippen molar-refractivity contribution in [1.29, 1.82) is 0 Å². The highest BCUT2D eigenvalue weighted by atomic mass is 35.5. The number of ketones is 1. The average Bonchev–Trinajstić information content (AvgIpc) is 3.18. The number of hydrogen-bond acceptors (Lipinski definition) is 6. The summed E-state index contributed by atoms with van der Waals surface area (Å²) in [4.78, 5) is 24.9. The van der Waals surface area contributed by atoms with Crippen LogP contribution in [-0.2, 0) is 23.2 Å². The molecule has 0 saturated heterocycles. The number of hydrogen-bond donors (Lipinski definition) is 0. The Kier molecular flexibility index (Phi) is 14.2. The lowest BCUT2D eigenvalue weighted by Gasteiger charge is -2.40. The molecule has 6 nitrogen and oxygen atoms in total. The fourth-order valence-electron chi connectivity index (χ4n) is 4.68. The van der Waals surface area contributed by atoms with Gasteiger partial charge in [-0.2, -0.15) is 0 Å². The highest BCUT2D eigenvalue weighted by molar-refractivity contribution is 6.74. The lowest BCUT2D eigenvalue weighted by molar-refractivity contribution is -0.140. The Labute approximate surface area is 274 Å². The molecule has 44 heavy (non-hydrogen) atoms. The van der Waals surface area contributed by atoms with Gasteiger partial charge in [0.2, 0.25) is 0 Å².